The monoisotopic (exact) mass is 1320 g/mol. The standard InChI is InChI=1S/C62H102N2O28/c1-25(18-28(70)19-58(4,5)81)30-11-12-31-29-10-13-38-59(6,7)39(15-17-61(38,9)32(29)14-16-60(30,31)8)89-57-62(82,64-27(3)69)52(80)49(36(22-67)88-57)90-56-50(41(72)33(71)23-83-56)91-53-40(63-26(2)68)45(76)44(75)37(87-53)24-84-55-51(47(78)43(74)35(21-66)86-55)92-54-48(79)46(77)42(73)34(20-65)85-54/h25,30-31,33-57,65-67,71-82H,10-24H2,1-9H3,(H,63,68)(H,64,69)/t25-,30-,31+,33-,34-,35-,36-,37-,38+,39+,40-,41+,42-,43-,44-,45-,46+,47+,48-,49+,50-,51-,52+,53+,54+,55-,56+,57+,60-,61-,62-/m1/s1. The van der Waals surface area contributed by atoms with E-state index in [1.54, 1.807) is 13.8 Å². The Labute approximate surface area is 534 Å². The second-order valence-corrected chi connectivity index (χ2v) is 29.1. The number of rotatable bonds is 21. The van der Waals surface area contributed by atoms with Gasteiger partial charge in [-0.3, -0.25) is 14.4 Å². The normalized spacial score (nSPS) is 47.6. The van der Waals surface area contributed by atoms with Crippen LogP contribution in [0, 0.1) is 39.9 Å². The lowest BCUT2D eigenvalue weighted by atomic mass is 9.45. The molecule has 7 fully saturated rings. The largest absolute Gasteiger partial charge is 0.394 e. The summed E-state index contributed by atoms with van der Waals surface area (Å²) in [6, 6.07) is -1.70. The maximum absolute atomic E-state index is 13.1. The second-order valence-electron chi connectivity index (χ2n) is 29.1. The summed E-state index contributed by atoms with van der Waals surface area (Å²) in [7, 11) is 0. The van der Waals surface area contributed by atoms with Crippen LogP contribution in [0.2, 0.25) is 0 Å². The molecule has 0 radical (unpaired) electrons. The van der Waals surface area contributed by atoms with Crippen LogP contribution in [0.4, 0.5) is 0 Å². The predicted octanol–water partition coefficient (Wildman–Crippen LogP) is -4.17. The van der Waals surface area contributed by atoms with Crippen molar-refractivity contribution in [3.8, 4) is 0 Å². The molecule has 30 heteroatoms. The highest BCUT2D eigenvalue weighted by Gasteiger charge is 2.64. The van der Waals surface area contributed by atoms with Crippen molar-refractivity contribution in [1.82, 2.24) is 10.6 Å². The van der Waals surface area contributed by atoms with Crippen molar-refractivity contribution in [1.29, 1.82) is 0 Å². The van der Waals surface area contributed by atoms with Crippen LogP contribution in [0.1, 0.15) is 127 Å². The highest BCUT2D eigenvalue weighted by Crippen LogP contribution is 2.68. The molecular weight excluding hydrogens is 1220 g/mol. The maximum Gasteiger partial charge on any atom is 0.219 e. The number of fused-ring (bicyclic) bond motifs is 4. The highest BCUT2D eigenvalue weighted by molar-refractivity contribution is 5.79. The Balaban J connectivity index is 0.907. The summed E-state index contributed by atoms with van der Waals surface area (Å²) in [5, 5.41) is 170. The number of allylic oxidation sites excluding steroid dienone is 2. The molecule has 0 aromatic carbocycles. The van der Waals surface area contributed by atoms with Crippen molar-refractivity contribution in [2.24, 2.45) is 39.9 Å². The summed E-state index contributed by atoms with van der Waals surface area (Å²) < 4.78 is 60.3. The minimum Gasteiger partial charge on any atom is -0.394 e. The zero-order chi connectivity index (χ0) is 67.6. The summed E-state index contributed by atoms with van der Waals surface area (Å²) >= 11 is 0. The van der Waals surface area contributed by atoms with Gasteiger partial charge in [-0.15, -0.1) is 0 Å². The van der Waals surface area contributed by atoms with Crippen LogP contribution < -0.4 is 10.6 Å². The van der Waals surface area contributed by atoms with E-state index in [9.17, 15) is 91.0 Å². The van der Waals surface area contributed by atoms with Crippen LogP contribution in [0.5, 0.6) is 0 Å². The van der Waals surface area contributed by atoms with Crippen molar-refractivity contribution >= 4 is 17.6 Å². The van der Waals surface area contributed by atoms with E-state index in [1.165, 1.54) is 11.1 Å². The van der Waals surface area contributed by atoms with Gasteiger partial charge in [-0.1, -0.05) is 45.8 Å². The van der Waals surface area contributed by atoms with Gasteiger partial charge in [-0.05, 0) is 105 Å². The van der Waals surface area contributed by atoms with Gasteiger partial charge < -0.3 is 135 Å². The molecule has 92 heavy (non-hydrogen) atoms. The van der Waals surface area contributed by atoms with Gasteiger partial charge in [0, 0.05) is 26.7 Å². The summed E-state index contributed by atoms with van der Waals surface area (Å²) in [6.07, 6.45) is -34.3. The Morgan fingerprint density at radius 2 is 1.24 bits per heavy atom. The zero-order valence-corrected chi connectivity index (χ0v) is 53.8. The van der Waals surface area contributed by atoms with Crippen molar-refractivity contribution in [3.63, 3.8) is 0 Å². The van der Waals surface area contributed by atoms with Gasteiger partial charge in [0.15, 0.2) is 25.2 Å². The van der Waals surface area contributed by atoms with E-state index in [0.717, 1.165) is 52.4 Å². The van der Waals surface area contributed by atoms with E-state index in [0.29, 0.717) is 31.1 Å². The van der Waals surface area contributed by atoms with E-state index in [1.807, 2.05) is 0 Å². The number of carbonyl (C=O) groups is 3. The molecule has 5 heterocycles. The zero-order valence-electron chi connectivity index (χ0n) is 53.8. The first kappa shape index (κ1) is 73.6. The van der Waals surface area contributed by atoms with Gasteiger partial charge in [0.25, 0.3) is 0 Å². The van der Waals surface area contributed by atoms with Crippen LogP contribution in [0.15, 0.2) is 11.1 Å². The number of aliphatic hydroxyl groups excluding tert-OH is 13. The third kappa shape index (κ3) is 14.3. The van der Waals surface area contributed by atoms with Crippen molar-refractivity contribution < 1.29 is 138 Å². The lowest BCUT2D eigenvalue weighted by Crippen LogP contribution is -2.75. The Hall–Kier alpha value is -2.65. The molecule has 528 valence electrons. The van der Waals surface area contributed by atoms with E-state index in [-0.39, 0.29) is 34.9 Å². The molecule has 9 aliphatic rings. The molecule has 0 spiro atoms. The number of ketones is 1. The van der Waals surface area contributed by atoms with Gasteiger partial charge in [0.05, 0.1) is 44.7 Å². The number of hydrogen-bond donors (Lipinski definition) is 17. The number of carbonyl (C=O) groups excluding carboxylic acids is 3. The molecule has 4 aliphatic carbocycles. The van der Waals surface area contributed by atoms with Gasteiger partial charge in [0.2, 0.25) is 23.8 Å². The lowest BCUT2D eigenvalue weighted by Gasteiger charge is -2.61. The maximum atomic E-state index is 13.1. The molecule has 9 rings (SSSR count). The van der Waals surface area contributed by atoms with Gasteiger partial charge in [0.1, 0.15) is 116 Å². The van der Waals surface area contributed by atoms with Gasteiger partial charge in [-0.2, -0.15) is 0 Å². The first-order valence-electron chi connectivity index (χ1n) is 32.4. The third-order valence-corrected chi connectivity index (χ3v) is 21.9. The fraction of sp³-hybridized carbons (Fsp3) is 0.919. The quantitative estimate of drug-likeness (QED) is 0.0383. The molecule has 2 saturated carbocycles. The molecule has 0 aromatic heterocycles. The Kier molecular flexibility index (Phi) is 22.9. The average Bonchev–Trinajstić information content (AvgIpc) is 1.19. The van der Waals surface area contributed by atoms with E-state index < -0.39 is 209 Å². The third-order valence-electron chi connectivity index (χ3n) is 21.9. The van der Waals surface area contributed by atoms with Crippen molar-refractivity contribution in [2.75, 3.05) is 33.0 Å². The number of Topliss-reactive ketones (excluding diaryl/α,β-unsaturated/α-hetero) is 1. The van der Waals surface area contributed by atoms with E-state index >= 15 is 0 Å². The average molecular weight is 1320 g/mol. The van der Waals surface area contributed by atoms with Crippen LogP contribution in [0.25, 0.3) is 0 Å². The van der Waals surface area contributed by atoms with E-state index in [4.69, 9.17) is 47.4 Å². The van der Waals surface area contributed by atoms with Crippen LogP contribution in [-0.2, 0) is 61.8 Å². The number of amides is 2. The minimum atomic E-state index is -2.81. The molecule has 30 nitrogen and oxygen atoms in total. The van der Waals surface area contributed by atoms with Gasteiger partial charge >= 0.3 is 0 Å². The number of nitrogens with one attached hydrogen (secondary N) is 2. The Morgan fingerprint density at radius 1 is 0.641 bits per heavy atom. The Morgan fingerprint density at radius 3 is 1.87 bits per heavy atom. The number of aliphatic hydroxyl groups is 15. The first-order valence-corrected chi connectivity index (χ1v) is 32.4. The predicted molar refractivity (Wildman–Crippen MR) is 312 cm³/mol. The molecule has 0 aromatic rings. The number of ether oxygens (including phenoxy) is 10. The van der Waals surface area contributed by atoms with Crippen LogP contribution in [-0.4, -0.2) is 286 Å². The topological polar surface area (TPSA) is 471 Å². The van der Waals surface area contributed by atoms with Crippen molar-refractivity contribution in [2.45, 2.75) is 285 Å². The molecule has 31 atom stereocenters. The smallest absolute Gasteiger partial charge is 0.219 e. The summed E-state index contributed by atoms with van der Waals surface area (Å²) in [4.78, 5) is 38.8. The fourth-order valence-electron chi connectivity index (χ4n) is 17.3. The molecule has 5 aliphatic heterocycles. The van der Waals surface area contributed by atoms with Crippen LogP contribution >= 0.6 is 0 Å². The summed E-state index contributed by atoms with van der Waals surface area (Å²) in [6.45, 7) is 12.4. The van der Waals surface area contributed by atoms with Gasteiger partial charge in [-0.25, -0.2) is 0 Å². The number of hydrogen-bond acceptors (Lipinski definition) is 28. The summed E-state index contributed by atoms with van der Waals surface area (Å²) in [5.74, 6) is -0.572. The SMILES string of the molecule is CC(=O)N[C@H]1[C@H](O[C@H]2[C@H](O[C@H]3[C@@H](CO)O[C@@H](O[C@H]4CC[C@]5(C)C6=C(CC[C@H]5C4(C)C)[C@@H]4CC[C@H]([C@H](C)CC(=O)CC(C)(C)O)[C@@]4(C)CC6)[C@@](O)(NC(C)=O)[C@H]3O)OC[C@@H](O)[C@@H]2O)O[C@H](CO[C@@H]2O[C@H](CO)[C@@H](O)[C@H](O)[C@H]2O[C@@H]2O[C@H](CO)[C@@H](O)[C@H](O)[C@H]2O)[C@@H](O)[C@@H]1O. The lowest BCUT2D eigenvalue weighted by molar-refractivity contribution is -0.397. The van der Waals surface area contributed by atoms with Crippen LogP contribution in [0.3, 0.4) is 0 Å². The molecular formula is C62H102N2O28. The minimum absolute atomic E-state index is 0.0210. The Bertz CT molecular complexity index is 2580. The fourth-order valence-corrected chi connectivity index (χ4v) is 17.3. The molecule has 5 saturated heterocycles. The highest BCUT2D eigenvalue weighted by atomic mass is 16.8. The summed E-state index contributed by atoms with van der Waals surface area (Å²) in [5.41, 5.74) is -1.68. The molecule has 0 bridgehead atoms. The molecule has 2 amide bonds. The first-order chi connectivity index (χ1) is 43.0. The van der Waals surface area contributed by atoms with E-state index in [2.05, 4.69) is 45.3 Å². The molecule has 0 unspecified atom stereocenters. The van der Waals surface area contributed by atoms with Crippen molar-refractivity contribution in [3.05, 3.63) is 11.1 Å². The molecule has 17 N–H and O–H groups in total. The second kappa shape index (κ2) is 28.7.